The number of rotatable bonds is 3. The quantitative estimate of drug-likeness (QED) is 0.797. The SMILES string of the molecule is COc1ccc(Cl)cc1Oc1cccc(Cl)c1. The number of methoxy groups -OCH3 is 1. The molecule has 0 saturated carbocycles. The fourth-order valence-electron chi connectivity index (χ4n) is 1.39. The number of halogens is 2. The van der Waals surface area contributed by atoms with Crippen molar-refractivity contribution in [1.29, 1.82) is 0 Å². The van der Waals surface area contributed by atoms with Gasteiger partial charge >= 0.3 is 0 Å². The van der Waals surface area contributed by atoms with Gasteiger partial charge in [-0.15, -0.1) is 0 Å². The molecule has 2 aromatic carbocycles. The van der Waals surface area contributed by atoms with E-state index in [9.17, 15) is 0 Å². The van der Waals surface area contributed by atoms with Crippen molar-refractivity contribution in [3.05, 3.63) is 52.5 Å². The van der Waals surface area contributed by atoms with Crippen LogP contribution in [0.2, 0.25) is 10.0 Å². The Bertz CT molecular complexity index is 527. The van der Waals surface area contributed by atoms with E-state index in [4.69, 9.17) is 32.7 Å². The zero-order valence-corrected chi connectivity index (χ0v) is 10.6. The van der Waals surface area contributed by atoms with Crippen molar-refractivity contribution in [2.24, 2.45) is 0 Å². The highest BCUT2D eigenvalue weighted by atomic mass is 35.5. The molecule has 0 saturated heterocycles. The van der Waals surface area contributed by atoms with Crippen LogP contribution < -0.4 is 9.47 Å². The normalized spacial score (nSPS) is 10.1. The van der Waals surface area contributed by atoms with Crippen LogP contribution in [-0.2, 0) is 0 Å². The van der Waals surface area contributed by atoms with E-state index in [1.54, 1.807) is 37.4 Å². The first-order valence-corrected chi connectivity index (χ1v) is 5.71. The van der Waals surface area contributed by atoms with Gasteiger partial charge in [-0.05, 0) is 30.3 Å². The number of ether oxygens (including phenoxy) is 2. The van der Waals surface area contributed by atoms with Crippen LogP contribution in [0.3, 0.4) is 0 Å². The molecule has 0 aromatic heterocycles. The summed E-state index contributed by atoms with van der Waals surface area (Å²) in [4.78, 5) is 0. The summed E-state index contributed by atoms with van der Waals surface area (Å²) < 4.78 is 10.9. The highest BCUT2D eigenvalue weighted by molar-refractivity contribution is 6.31. The van der Waals surface area contributed by atoms with E-state index in [2.05, 4.69) is 0 Å². The first kappa shape index (κ1) is 12.1. The minimum atomic E-state index is 0.558. The average molecular weight is 269 g/mol. The van der Waals surface area contributed by atoms with Gasteiger partial charge in [-0.25, -0.2) is 0 Å². The second-order valence-corrected chi connectivity index (χ2v) is 4.23. The van der Waals surface area contributed by atoms with Crippen LogP contribution in [0, 0.1) is 0 Å². The summed E-state index contributed by atoms with van der Waals surface area (Å²) in [6, 6.07) is 12.3. The summed E-state index contributed by atoms with van der Waals surface area (Å²) in [7, 11) is 1.58. The molecule has 0 amide bonds. The Morgan fingerprint density at radius 1 is 0.882 bits per heavy atom. The standard InChI is InChI=1S/C13H10Cl2O2/c1-16-12-6-5-10(15)8-13(12)17-11-4-2-3-9(14)7-11/h2-8H,1H3. The Morgan fingerprint density at radius 3 is 2.35 bits per heavy atom. The Hall–Kier alpha value is -1.38. The van der Waals surface area contributed by atoms with Gasteiger partial charge in [0.25, 0.3) is 0 Å². The molecular weight excluding hydrogens is 259 g/mol. The first-order valence-electron chi connectivity index (χ1n) is 4.96. The van der Waals surface area contributed by atoms with Crippen molar-refractivity contribution in [2.45, 2.75) is 0 Å². The molecule has 0 heterocycles. The van der Waals surface area contributed by atoms with Crippen LogP contribution >= 0.6 is 23.2 Å². The fraction of sp³-hybridized carbons (Fsp3) is 0.0769. The van der Waals surface area contributed by atoms with Crippen LogP contribution in [0.1, 0.15) is 0 Å². The monoisotopic (exact) mass is 268 g/mol. The van der Waals surface area contributed by atoms with Crippen molar-refractivity contribution in [3.8, 4) is 17.2 Å². The second-order valence-electron chi connectivity index (χ2n) is 3.35. The Labute approximate surface area is 110 Å². The van der Waals surface area contributed by atoms with Gasteiger partial charge in [0.2, 0.25) is 0 Å². The largest absolute Gasteiger partial charge is 0.493 e. The maximum atomic E-state index is 5.91. The predicted octanol–water partition coefficient (Wildman–Crippen LogP) is 4.79. The van der Waals surface area contributed by atoms with Gasteiger partial charge in [-0.1, -0.05) is 29.3 Å². The molecule has 0 spiro atoms. The minimum Gasteiger partial charge on any atom is -0.493 e. The molecule has 0 bridgehead atoms. The first-order chi connectivity index (χ1) is 8.19. The van der Waals surface area contributed by atoms with Gasteiger partial charge in [-0.3, -0.25) is 0 Å². The second kappa shape index (κ2) is 5.30. The van der Waals surface area contributed by atoms with Gasteiger partial charge in [0.1, 0.15) is 5.75 Å². The summed E-state index contributed by atoms with van der Waals surface area (Å²) >= 11 is 11.8. The lowest BCUT2D eigenvalue weighted by Gasteiger charge is -2.10. The highest BCUT2D eigenvalue weighted by Crippen LogP contribution is 2.34. The van der Waals surface area contributed by atoms with Crippen LogP contribution in [0.5, 0.6) is 17.2 Å². The van der Waals surface area contributed by atoms with E-state index in [0.29, 0.717) is 27.3 Å². The Morgan fingerprint density at radius 2 is 1.65 bits per heavy atom. The van der Waals surface area contributed by atoms with Gasteiger partial charge in [0.05, 0.1) is 7.11 Å². The molecule has 2 aromatic rings. The van der Waals surface area contributed by atoms with E-state index in [1.165, 1.54) is 0 Å². The average Bonchev–Trinajstić information content (AvgIpc) is 2.29. The molecule has 0 aliphatic heterocycles. The fourth-order valence-corrected chi connectivity index (χ4v) is 1.73. The third-order valence-corrected chi connectivity index (χ3v) is 2.62. The zero-order chi connectivity index (χ0) is 12.3. The van der Waals surface area contributed by atoms with Crippen LogP contribution in [-0.4, -0.2) is 7.11 Å². The molecular formula is C13H10Cl2O2. The number of benzene rings is 2. The van der Waals surface area contributed by atoms with E-state index in [1.807, 2.05) is 12.1 Å². The van der Waals surface area contributed by atoms with Crippen molar-refractivity contribution in [3.63, 3.8) is 0 Å². The zero-order valence-electron chi connectivity index (χ0n) is 9.11. The molecule has 0 aliphatic carbocycles. The van der Waals surface area contributed by atoms with Crippen molar-refractivity contribution in [1.82, 2.24) is 0 Å². The van der Waals surface area contributed by atoms with E-state index >= 15 is 0 Å². The maximum Gasteiger partial charge on any atom is 0.170 e. The molecule has 0 fully saturated rings. The summed E-state index contributed by atoms with van der Waals surface area (Å²) in [6.07, 6.45) is 0. The molecule has 0 aliphatic rings. The smallest absolute Gasteiger partial charge is 0.170 e. The van der Waals surface area contributed by atoms with Gasteiger partial charge in [0, 0.05) is 16.1 Å². The molecule has 2 nitrogen and oxygen atoms in total. The van der Waals surface area contributed by atoms with E-state index < -0.39 is 0 Å². The maximum absolute atomic E-state index is 5.91. The number of hydrogen-bond donors (Lipinski definition) is 0. The van der Waals surface area contributed by atoms with E-state index in [-0.39, 0.29) is 0 Å². The number of hydrogen-bond acceptors (Lipinski definition) is 2. The molecule has 0 N–H and O–H groups in total. The Kier molecular flexibility index (Phi) is 3.77. The van der Waals surface area contributed by atoms with Crippen LogP contribution in [0.4, 0.5) is 0 Å². The molecule has 0 atom stereocenters. The van der Waals surface area contributed by atoms with Gasteiger partial charge in [0.15, 0.2) is 11.5 Å². The molecule has 17 heavy (non-hydrogen) atoms. The van der Waals surface area contributed by atoms with Crippen LogP contribution in [0.25, 0.3) is 0 Å². The molecule has 2 rings (SSSR count). The lowest BCUT2D eigenvalue weighted by atomic mass is 10.3. The van der Waals surface area contributed by atoms with Gasteiger partial charge in [-0.2, -0.15) is 0 Å². The van der Waals surface area contributed by atoms with Gasteiger partial charge < -0.3 is 9.47 Å². The summed E-state index contributed by atoms with van der Waals surface area (Å²) in [5.41, 5.74) is 0. The van der Waals surface area contributed by atoms with Crippen molar-refractivity contribution >= 4 is 23.2 Å². The third-order valence-electron chi connectivity index (χ3n) is 2.15. The van der Waals surface area contributed by atoms with E-state index in [0.717, 1.165) is 0 Å². The summed E-state index contributed by atoms with van der Waals surface area (Å²) in [5, 5.41) is 1.20. The highest BCUT2D eigenvalue weighted by Gasteiger charge is 2.06. The molecule has 4 heteroatoms. The molecule has 0 radical (unpaired) electrons. The topological polar surface area (TPSA) is 18.5 Å². The summed E-state index contributed by atoms with van der Waals surface area (Å²) in [5.74, 6) is 1.81. The van der Waals surface area contributed by atoms with Crippen LogP contribution in [0.15, 0.2) is 42.5 Å². The molecule has 0 unspecified atom stereocenters. The van der Waals surface area contributed by atoms with Crippen molar-refractivity contribution in [2.75, 3.05) is 7.11 Å². The lowest BCUT2D eigenvalue weighted by Crippen LogP contribution is -1.90. The lowest BCUT2D eigenvalue weighted by molar-refractivity contribution is 0.379. The minimum absolute atomic E-state index is 0.558. The summed E-state index contributed by atoms with van der Waals surface area (Å²) in [6.45, 7) is 0. The van der Waals surface area contributed by atoms with Crippen molar-refractivity contribution < 1.29 is 9.47 Å². The predicted molar refractivity (Wildman–Crippen MR) is 69.5 cm³/mol. The third kappa shape index (κ3) is 3.05. The Balaban J connectivity index is 2.32. The molecule has 88 valence electrons.